The summed E-state index contributed by atoms with van der Waals surface area (Å²) in [6.45, 7) is 12.9. The number of nitrogens with two attached hydrogens (primary N) is 1. The van der Waals surface area contributed by atoms with Crippen molar-refractivity contribution in [2.75, 3.05) is 0 Å². The van der Waals surface area contributed by atoms with Crippen molar-refractivity contribution in [3.05, 3.63) is 0 Å². The van der Waals surface area contributed by atoms with Gasteiger partial charge in [0.25, 0.3) is 0 Å². The molecule has 3 atom stereocenters. The molecule has 2 aliphatic rings. The molecule has 1 saturated carbocycles. The zero-order valence-corrected chi connectivity index (χ0v) is 13.5. The van der Waals surface area contributed by atoms with Gasteiger partial charge >= 0.3 is 7.12 Å². The predicted molar refractivity (Wildman–Crippen MR) is 80.0 cm³/mol. The minimum atomic E-state index is -0.207. The van der Waals surface area contributed by atoms with Crippen LogP contribution in [0.1, 0.15) is 60.8 Å². The van der Waals surface area contributed by atoms with E-state index < -0.39 is 0 Å². The van der Waals surface area contributed by atoms with Gasteiger partial charge in [0.2, 0.25) is 0 Å². The molecule has 1 saturated heterocycles. The third kappa shape index (κ3) is 2.86. The lowest BCUT2D eigenvalue weighted by molar-refractivity contribution is 0.00578. The Balaban J connectivity index is 1.85. The molecule has 1 unspecified atom stereocenters. The Bertz CT molecular complexity index is 325. The second-order valence-corrected chi connectivity index (χ2v) is 7.86. The first-order valence-corrected chi connectivity index (χ1v) is 7.70. The van der Waals surface area contributed by atoms with Crippen LogP contribution in [0.3, 0.4) is 0 Å². The largest absolute Gasteiger partial charge is 0.457 e. The van der Waals surface area contributed by atoms with Gasteiger partial charge in [-0.25, -0.2) is 0 Å². The molecule has 0 spiro atoms. The average molecular weight is 267 g/mol. The van der Waals surface area contributed by atoms with Gasteiger partial charge in [-0.15, -0.1) is 0 Å². The SMILES string of the molecule is C[C@H]1[C@H](CCB2OC(C)(C)C(C)(C)O2)CCC1(C)N. The highest BCUT2D eigenvalue weighted by atomic mass is 16.7. The summed E-state index contributed by atoms with van der Waals surface area (Å²) in [6.07, 6.45) is 4.53. The van der Waals surface area contributed by atoms with E-state index in [1.54, 1.807) is 0 Å². The summed E-state index contributed by atoms with van der Waals surface area (Å²) in [4.78, 5) is 0. The van der Waals surface area contributed by atoms with E-state index in [2.05, 4.69) is 41.5 Å². The maximum absolute atomic E-state index is 6.32. The number of rotatable bonds is 3. The molecule has 2 rings (SSSR count). The Morgan fingerprint density at radius 3 is 2.05 bits per heavy atom. The van der Waals surface area contributed by atoms with Crippen LogP contribution in [0.4, 0.5) is 0 Å². The highest BCUT2D eigenvalue weighted by Crippen LogP contribution is 2.43. The molecule has 4 heteroatoms. The van der Waals surface area contributed by atoms with Crippen molar-refractivity contribution in [3.8, 4) is 0 Å². The van der Waals surface area contributed by atoms with Crippen molar-refractivity contribution in [1.82, 2.24) is 0 Å². The fourth-order valence-electron chi connectivity index (χ4n) is 3.34. The highest BCUT2D eigenvalue weighted by molar-refractivity contribution is 6.45. The standard InChI is InChI=1S/C15H30BNO2/c1-11-12(7-9-15(11,6)17)8-10-16-18-13(2,3)14(4,5)19-16/h11-12H,7-10,17H2,1-6H3/t11-,12-,15?/m0/s1. The zero-order valence-electron chi connectivity index (χ0n) is 13.5. The van der Waals surface area contributed by atoms with Gasteiger partial charge in [0.05, 0.1) is 11.2 Å². The molecular weight excluding hydrogens is 237 g/mol. The summed E-state index contributed by atoms with van der Waals surface area (Å²) >= 11 is 0. The second-order valence-electron chi connectivity index (χ2n) is 7.86. The monoisotopic (exact) mass is 267 g/mol. The first kappa shape index (κ1) is 15.3. The van der Waals surface area contributed by atoms with E-state index in [1.807, 2.05) is 0 Å². The molecule has 1 aliphatic carbocycles. The van der Waals surface area contributed by atoms with Gasteiger partial charge in [0.15, 0.2) is 0 Å². The fraction of sp³-hybridized carbons (Fsp3) is 1.00. The van der Waals surface area contributed by atoms with Gasteiger partial charge in [-0.1, -0.05) is 13.3 Å². The van der Waals surface area contributed by atoms with Crippen molar-refractivity contribution >= 4 is 7.12 Å². The predicted octanol–water partition coefficient (Wildman–Crippen LogP) is 3.23. The average Bonchev–Trinajstić information content (AvgIpc) is 2.61. The normalized spacial score (nSPS) is 40.9. The van der Waals surface area contributed by atoms with Gasteiger partial charge in [0, 0.05) is 5.54 Å². The van der Waals surface area contributed by atoms with Gasteiger partial charge in [-0.05, 0) is 65.6 Å². The lowest BCUT2D eigenvalue weighted by atomic mass is 9.76. The minimum absolute atomic E-state index is 0.0145. The van der Waals surface area contributed by atoms with Crippen LogP contribution in [-0.4, -0.2) is 23.9 Å². The van der Waals surface area contributed by atoms with Crippen LogP contribution >= 0.6 is 0 Å². The van der Waals surface area contributed by atoms with Crippen molar-refractivity contribution in [1.29, 1.82) is 0 Å². The summed E-state index contributed by atoms with van der Waals surface area (Å²) in [5, 5.41) is 0. The number of hydrogen-bond donors (Lipinski definition) is 1. The third-order valence-corrected chi connectivity index (χ3v) is 5.88. The minimum Gasteiger partial charge on any atom is -0.403 e. The Hall–Kier alpha value is -0.0551. The van der Waals surface area contributed by atoms with Crippen LogP contribution in [0.15, 0.2) is 0 Å². The highest BCUT2D eigenvalue weighted by Gasteiger charge is 2.51. The third-order valence-electron chi connectivity index (χ3n) is 5.88. The smallest absolute Gasteiger partial charge is 0.403 e. The van der Waals surface area contributed by atoms with Crippen LogP contribution in [0.25, 0.3) is 0 Å². The lowest BCUT2D eigenvalue weighted by Gasteiger charge is -2.32. The van der Waals surface area contributed by atoms with E-state index >= 15 is 0 Å². The summed E-state index contributed by atoms with van der Waals surface area (Å²) in [6, 6.07) is 0. The quantitative estimate of drug-likeness (QED) is 0.798. The molecule has 1 aliphatic heterocycles. The van der Waals surface area contributed by atoms with Crippen LogP contribution in [0.2, 0.25) is 6.32 Å². The Kier molecular flexibility index (Phi) is 3.83. The molecule has 0 amide bonds. The molecule has 0 aromatic rings. The van der Waals surface area contributed by atoms with Crippen molar-refractivity contribution in [2.45, 2.75) is 83.9 Å². The molecule has 19 heavy (non-hydrogen) atoms. The number of hydrogen-bond acceptors (Lipinski definition) is 3. The van der Waals surface area contributed by atoms with E-state index in [4.69, 9.17) is 15.0 Å². The van der Waals surface area contributed by atoms with Crippen LogP contribution in [-0.2, 0) is 9.31 Å². The summed E-state index contributed by atoms with van der Waals surface area (Å²) < 4.78 is 12.1. The van der Waals surface area contributed by atoms with E-state index in [1.165, 1.54) is 6.42 Å². The van der Waals surface area contributed by atoms with Gasteiger partial charge in [0.1, 0.15) is 0 Å². The van der Waals surface area contributed by atoms with Crippen LogP contribution in [0.5, 0.6) is 0 Å². The molecule has 3 nitrogen and oxygen atoms in total. The lowest BCUT2D eigenvalue weighted by Crippen LogP contribution is -2.41. The second kappa shape index (κ2) is 4.75. The summed E-state index contributed by atoms with van der Waals surface area (Å²) in [7, 11) is -0.0539. The maximum atomic E-state index is 6.32. The Morgan fingerprint density at radius 1 is 1.11 bits per heavy atom. The first-order valence-electron chi connectivity index (χ1n) is 7.70. The Morgan fingerprint density at radius 2 is 1.63 bits per heavy atom. The molecule has 0 aromatic carbocycles. The van der Waals surface area contributed by atoms with Crippen molar-refractivity contribution < 1.29 is 9.31 Å². The summed E-state index contributed by atoms with van der Waals surface area (Å²) in [5.74, 6) is 1.31. The van der Waals surface area contributed by atoms with E-state index in [0.717, 1.165) is 19.2 Å². The van der Waals surface area contributed by atoms with Crippen molar-refractivity contribution in [3.63, 3.8) is 0 Å². The Labute approximate surface area is 118 Å². The molecule has 110 valence electrons. The van der Waals surface area contributed by atoms with E-state index in [-0.39, 0.29) is 23.9 Å². The molecule has 2 N–H and O–H groups in total. The fourth-order valence-corrected chi connectivity index (χ4v) is 3.34. The summed E-state index contributed by atoms with van der Waals surface area (Å²) in [5.41, 5.74) is 5.92. The van der Waals surface area contributed by atoms with Crippen LogP contribution in [0, 0.1) is 11.8 Å². The molecule has 0 bridgehead atoms. The zero-order chi connectivity index (χ0) is 14.5. The van der Waals surface area contributed by atoms with Gasteiger partial charge < -0.3 is 15.0 Å². The van der Waals surface area contributed by atoms with Crippen LogP contribution < -0.4 is 5.73 Å². The van der Waals surface area contributed by atoms with E-state index in [0.29, 0.717) is 11.8 Å². The first-order chi connectivity index (χ1) is 8.55. The van der Waals surface area contributed by atoms with Gasteiger partial charge in [-0.3, -0.25) is 0 Å². The molecular formula is C15H30BNO2. The maximum Gasteiger partial charge on any atom is 0.457 e. The molecule has 1 heterocycles. The van der Waals surface area contributed by atoms with Gasteiger partial charge in [-0.2, -0.15) is 0 Å². The topological polar surface area (TPSA) is 44.5 Å². The molecule has 0 radical (unpaired) electrons. The molecule has 2 fully saturated rings. The molecule has 0 aromatic heterocycles. The van der Waals surface area contributed by atoms with Crippen molar-refractivity contribution in [2.24, 2.45) is 17.6 Å². The van der Waals surface area contributed by atoms with E-state index in [9.17, 15) is 0 Å².